The molecule has 0 radical (unpaired) electrons. The highest BCUT2D eigenvalue weighted by molar-refractivity contribution is 5.85. The fraction of sp³-hybridized carbons (Fsp3) is 0.0909. The second-order valence-corrected chi connectivity index (χ2v) is 3.20. The maximum atomic E-state index is 12.5. The van der Waals surface area contributed by atoms with Crippen molar-refractivity contribution < 1.29 is 13.2 Å². The number of halogens is 3. The predicted molar refractivity (Wildman–Crippen MR) is 51.5 cm³/mol. The third-order valence-electron chi connectivity index (χ3n) is 2.17. The number of benzene rings is 1. The molecule has 0 fully saturated rings. The molecule has 5 heteroatoms. The largest absolute Gasteiger partial charge is 0.416 e. The monoisotopic (exact) mass is 222 g/mol. The maximum Gasteiger partial charge on any atom is 0.416 e. The molecule has 2 aromatic rings. The first-order valence-corrected chi connectivity index (χ1v) is 4.38. The van der Waals surface area contributed by atoms with Gasteiger partial charge < -0.3 is 0 Å². The molecule has 0 saturated heterocycles. The van der Waals surface area contributed by atoms with Crippen molar-refractivity contribution in [2.75, 3.05) is 0 Å². The average molecular weight is 222 g/mol. The smallest absolute Gasteiger partial charge is 0.256 e. The van der Waals surface area contributed by atoms with Gasteiger partial charge in [0, 0.05) is 11.6 Å². The second-order valence-electron chi connectivity index (χ2n) is 3.20. The number of rotatable bonds is 0. The van der Waals surface area contributed by atoms with E-state index < -0.39 is 11.7 Å². The topological polar surface area (TPSA) is 36.7 Å². The van der Waals surface area contributed by atoms with E-state index in [1.54, 1.807) is 18.2 Å². The molecule has 0 aliphatic rings. The molecule has 16 heavy (non-hydrogen) atoms. The van der Waals surface area contributed by atoms with Crippen LogP contribution in [0.5, 0.6) is 0 Å². The fourth-order valence-corrected chi connectivity index (χ4v) is 1.44. The maximum absolute atomic E-state index is 12.5. The van der Waals surface area contributed by atoms with Crippen LogP contribution in [-0.4, -0.2) is 4.98 Å². The molecular formula is C11H5F3N2. The lowest BCUT2D eigenvalue weighted by Crippen LogP contribution is -2.05. The van der Waals surface area contributed by atoms with Crippen molar-refractivity contribution in [2.45, 2.75) is 6.18 Å². The Hall–Kier alpha value is -2.09. The van der Waals surface area contributed by atoms with Gasteiger partial charge in [0.05, 0.1) is 22.7 Å². The van der Waals surface area contributed by atoms with Gasteiger partial charge in [-0.25, -0.2) is 0 Å². The molecule has 0 bridgehead atoms. The number of hydrogen-bond donors (Lipinski definition) is 0. The quantitative estimate of drug-likeness (QED) is 0.686. The van der Waals surface area contributed by atoms with Gasteiger partial charge in [0.2, 0.25) is 0 Å². The predicted octanol–water partition coefficient (Wildman–Crippen LogP) is 3.13. The second kappa shape index (κ2) is 3.49. The van der Waals surface area contributed by atoms with Gasteiger partial charge in [-0.15, -0.1) is 0 Å². The summed E-state index contributed by atoms with van der Waals surface area (Å²) in [6.07, 6.45) is -3.07. The van der Waals surface area contributed by atoms with E-state index in [9.17, 15) is 13.2 Å². The summed E-state index contributed by atoms with van der Waals surface area (Å²) < 4.78 is 37.5. The van der Waals surface area contributed by atoms with Crippen molar-refractivity contribution in [3.05, 3.63) is 41.6 Å². The van der Waals surface area contributed by atoms with Gasteiger partial charge in [0.15, 0.2) is 0 Å². The van der Waals surface area contributed by atoms with Crippen molar-refractivity contribution in [3.8, 4) is 6.07 Å². The van der Waals surface area contributed by atoms with Crippen LogP contribution in [0.1, 0.15) is 11.1 Å². The number of hydrogen-bond acceptors (Lipinski definition) is 2. The SMILES string of the molecule is N#Cc1cc(C(F)(F)F)cc2ncccc12. The van der Waals surface area contributed by atoms with Gasteiger partial charge in [-0.3, -0.25) is 4.98 Å². The van der Waals surface area contributed by atoms with E-state index in [4.69, 9.17) is 5.26 Å². The molecular weight excluding hydrogens is 217 g/mol. The van der Waals surface area contributed by atoms with Crippen molar-refractivity contribution in [1.82, 2.24) is 4.98 Å². The zero-order valence-corrected chi connectivity index (χ0v) is 7.92. The minimum atomic E-state index is -4.46. The lowest BCUT2D eigenvalue weighted by atomic mass is 10.1. The highest BCUT2D eigenvalue weighted by Crippen LogP contribution is 2.32. The summed E-state index contributed by atoms with van der Waals surface area (Å²) in [5, 5.41) is 9.21. The Morgan fingerprint density at radius 2 is 2.00 bits per heavy atom. The summed E-state index contributed by atoms with van der Waals surface area (Å²) in [4.78, 5) is 3.81. The number of nitrogens with zero attached hydrogens (tertiary/aromatic N) is 2. The summed E-state index contributed by atoms with van der Waals surface area (Å²) >= 11 is 0. The normalized spacial score (nSPS) is 11.4. The third-order valence-corrected chi connectivity index (χ3v) is 2.17. The van der Waals surface area contributed by atoms with Crippen molar-refractivity contribution >= 4 is 10.9 Å². The van der Waals surface area contributed by atoms with Crippen LogP contribution in [0.2, 0.25) is 0 Å². The molecule has 0 aliphatic heterocycles. The van der Waals surface area contributed by atoms with Gasteiger partial charge in [-0.05, 0) is 24.3 Å². The standard InChI is InChI=1S/C11H5F3N2/c12-11(13,14)8-4-7(6-15)9-2-1-3-16-10(9)5-8/h1-5H. The molecule has 0 aliphatic carbocycles. The number of pyridine rings is 1. The van der Waals surface area contributed by atoms with Crippen LogP contribution in [0.25, 0.3) is 10.9 Å². The van der Waals surface area contributed by atoms with Crippen LogP contribution in [-0.2, 0) is 6.18 Å². The first-order valence-electron chi connectivity index (χ1n) is 4.38. The highest BCUT2D eigenvalue weighted by Gasteiger charge is 2.31. The number of nitriles is 1. The lowest BCUT2D eigenvalue weighted by molar-refractivity contribution is -0.137. The molecule has 1 aromatic heterocycles. The Labute approximate surface area is 89.0 Å². The van der Waals surface area contributed by atoms with Gasteiger partial charge in [0.1, 0.15) is 0 Å². The van der Waals surface area contributed by atoms with E-state index in [1.165, 1.54) is 6.20 Å². The van der Waals surface area contributed by atoms with Crippen LogP contribution in [0, 0.1) is 11.3 Å². The van der Waals surface area contributed by atoms with Gasteiger partial charge in [0.25, 0.3) is 0 Å². The Kier molecular flexibility index (Phi) is 2.27. The van der Waals surface area contributed by atoms with E-state index in [-0.39, 0.29) is 11.1 Å². The van der Waals surface area contributed by atoms with Gasteiger partial charge >= 0.3 is 6.18 Å². The lowest BCUT2D eigenvalue weighted by Gasteiger charge is -2.08. The first-order chi connectivity index (χ1) is 7.52. The summed E-state index contributed by atoms with van der Waals surface area (Å²) in [7, 11) is 0. The minimum absolute atomic E-state index is 0.0158. The summed E-state index contributed by atoms with van der Waals surface area (Å²) in [5.41, 5.74) is -0.693. The molecule has 0 unspecified atom stereocenters. The van der Waals surface area contributed by atoms with E-state index in [2.05, 4.69) is 4.98 Å². The zero-order chi connectivity index (χ0) is 11.8. The molecule has 0 atom stereocenters. The van der Waals surface area contributed by atoms with Gasteiger partial charge in [-0.1, -0.05) is 0 Å². The van der Waals surface area contributed by atoms with Gasteiger partial charge in [-0.2, -0.15) is 18.4 Å². The Morgan fingerprint density at radius 3 is 2.62 bits per heavy atom. The van der Waals surface area contributed by atoms with E-state index in [1.807, 2.05) is 0 Å². The van der Waals surface area contributed by atoms with E-state index >= 15 is 0 Å². The van der Waals surface area contributed by atoms with Crippen molar-refractivity contribution in [1.29, 1.82) is 5.26 Å². The van der Waals surface area contributed by atoms with Crippen LogP contribution < -0.4 is 0 Å². The third kappa shape index (κ3) is 1.70. The van der Waals surface area contributed by atoms with Crippen LogP contribution >= 0.6 is 0 Å². The van der Waals surface area contributed by atoms with Crippen LogP contribution in [0.15, 0.2) is 30.5 Å². The molecule has 2 nitrogen and oxygen atoms in total. The Morgan fingerprint density at radius 1 is 1.25 bits per heavy atom. The average Bonchev–Trinajstić information content (AvgIpc) is 2.26. The molecule has 2 rings (SSSR count). The molecule has 0 saturated carbocycles. The molecule has 1 aromatic carbocycles. The number of aromatic nitrogens is 1. The molecule has 1 heterocycles. The van der Waals surface area contributed by atoms with Crippen LogP contribution in [0.4, 0.5) is 13.2 Å². The van der Waals surface area contributed by atoms with E-state index in [0.29, 0.717) is 5.39 Å². The molecule has 0 spiro atoms. The fourth-order valence-electron chi connectivity index (χ4n) is 1.44. The van der Waals surface area contributed by atoms with E-state index in [0.717, 1.165) is 12.1 Å². The highest BCUT2D eigenvalue weighted by atomic mass is 19.4. The summed E-state index contributed by atoms with van der Waals surface area (Å²) in [6.45, 7) is 0. The zero-order valence-electron chi connectivity index (χ0n) is 7.92. The number of alkyl halides is 3. The Bertz CT molecular complexity index is 582. The molecule has 80 valence electrons. The molecule has 0 N–H and O–H groups in total. The first kappa shape index (κ1) is 10.4. The Balaban J connectivity index is 2.80. The van der Waals surface area contributed by atoms with Crippen molar-refractivity contribution in [3.63, 3.8) is 0 Å². The number of fused-ring (bicyclic) bond motifs is 1. The minimum Gasteiger partial charge on any atom is -0.256 e. The molecule has 0 amide bonds. The van der Waals surface area contributed by atoms with Crippen molar-refractivity contribution in [2.24, 2.45) is 0 Å². The summed E-state index contributed by atoms with van der Waals surface area (Å²) in [5.74, 6) is 0. The summed E-state index contributed by atoms with van der Waals surface area (Å²) in [6, 6.07) is 6.67. The van der Waals surface area contributed by atoms with Crippen LogP contribution in [0.3, 0.4) is 0 Å².